The Balaban J connectivity index is 2.14. The molecule has 0 unspecified atom stereocenters. The first-order chi connectivity index (χ1) is 7.57. The Hall–Kier alpha value is -0.590. The summed E-state index contributed by atoms with van der Waals surface area (Å²) in [4.78, 5) is 2.46. The van der Waals surface area contributed by atoms with Crippen LogP contribution in [0, 0.1) is 22.7 Å². The van der Waals surface area contributed by atoms with Crippen molar-refractivity contribution < 1.29 is 5.11 Å². The molecular formula is C13H24N2O. The fourth-order valence-electron chi connectivity index (χ4n) is 2.19. The number of rotatable bonds is 5. The molecular weight excluding hydrogens is 200 g/mol. The molecule has 0 bridgehead atoms. The van der Waals surface area contributed by atoms with E-state index in [2.05, 4.69) is 11.0 Å². The second-order valence-electron chi connectivity index (χ2n) is 5.57. The zero-order valence-electron chi connectivity index (χ0n) is 10.6. The lowest BCUT2D eigenvalue weighted by Crippen LogP contribution is -2.35. The molecule has 16 heavy (non-hydrogen) atoms. The molecule has 0 amide bonds. The van der Waals surface area contributed by atoms with Crippen LogP contribution in [0.5, 0.6) is 0 Å². The van der Waals surface area contributed by atoms with E-state index in [-0.39, 0.29) is 5.41 Å². The SMILES string of the molecule is CC(C)(C#N)CCCN1CCC(CO)CC1. The number of aliphatic hydroxyl groups is 1. The predicted molar refractivity (Wildman–Crippen MR) is 64.9 cm³/mol. The van der Waals surface area contributed by atoms with Crippen LogP contribution in [-0.2, 0) is 0 Å². The van der Waals surface area contributed by atoms with Gasteiger partial charge in [0.15, 0.2) is 0 Å². The number of piperidine rings is 1. The summed E-state index contributed by atoms with van der Waals surface area (Å²) >= 11 is 0. The average molecular weight is 224 g/mol. The molecule has 1 fully saturated rings. The van der Waals surface area contributed by atoms with Crippen molar-refractivity contribution in [2.45, 2.75) is 39.5 Å². The Morgan fingerprint density at radius 1 is 1.38 bits per heavy atom. The summed E-state index contributed by atoms with van der Waals surface area (Å²) in [6, 6.07) is 2.34. The highest BCUT2D eigenvalue weighted by atomic mass is 16.3. The van der Waals surface area contributed by atoms with Crippen LogP contribution in [0.25, 0.3) is 0 Å². The van der Waals surface area contributed by atoms with Gasteiger partial charge in [0.05, 0.1) is 11.5 Å². The Morgan fingerprint density at radius 2 is 2.00 bits per heavy atom. The summed E-state index contributed by atoms with van der Waals surface area (Å²) in [5.74, 6) is 0.520. The molecule has 0 spiro atoms. The minimum atomic E-state index is -0.177. The minimum absolute atomic E-state index is 0.177. The molecule has 1 aliphatic rings. The molecule has 1 rings (SSSR count). The second-order valence-corrected chi connectivity index (χ2v) is 5.57. The van der Waals surface area contributed by atoms with E-state index >= 15 is 0 Å². The Bertz CT molecular complexity index is 237. The van der Waals surface area contributed by atoms with Gasteiger partial charge in [-0.25, -0.2) is 0 Å². The smallest absolute Gasteiger partial charge is 0.0683 e. The van der Waals surface area contributed by atoms with Gasteiger partial charge in [0.1, 0.15) is 0 Å². The molecule has 1 saturated heterocycles. The summed E-state index contributed by atoms with van der Waals surface area (Å²) in [6.45, 7) is 7.67. The first-order valence-corrected chi connectivity index (χ1v) is 6.32. The topological polar surface area (TPSA) is 47.3 Å². The van der Waals surface area contributed by atoms with Crippen molar-refractivity contribution in [1.82, 2.24) is 4.90 Å². The van der Waals surface area contributed by atoms with Gasteiger partial charge in [-0.1, -0.05) is 0 Å². The van der Waals surface area contributed by atoms with Crippen LogP contribution in [-0.4, -0.2) is 36.2 Å². The molecule has 92 valence electrons. The lowest BCUT2D eigenvalue weighted by Gasteiger charge is -2.31. The number of nitrogens with zero attached hydrogens (tertiary/aromatic N) is 2. The summed E-state index contributed by atoms with van der Waals surface area (Å²) < 4.78 is 0. The quantitative estimate of drug-likeness (QED) is 0.777. The van der Waals surface area contributed by atoms with Gasteiger partial charge in [-0.05, 0) is 65.1 Å². The van der Waals surface area contributed by atoms with Crippen LogP contribution in [0.3, 0.4) is 0 Å². The molecule has 1 aliphatic heterocycles. The predicted octanol–water partition coefficient (Wildman–Crippen LogP) is 2.02. The fourth-order valence-corrected chi connectivity index (χ4v) is 2.19. The van der Waals surface area contributed by atoms with Crippen LogP contribution >= 0.6 is 0 Å². The number of aliphatic hydroxyl groups excluding tert-OH is 1. The zero-order chi connectivity index (χ0) is 12.0. The minimum Gasteiger partial charge on any atom is -0.396 e. The van der Waals surface area contributed by atoms with E-state index in [4.69, 9.17) is 10.4 Å². The van der Waals surface area contributed by atoms with Crippen LogP contribution in [0.2, 0.25) is 0 Å². The molecule has 0 radical (unpaired) electrons. The van der Waals surface area contributed by atoms with Crippen LogP contribution < -0.4 is 0 Å². The molecule has 1 N–H and O–H groups in total. The molecule has 0 aromatic carbocycles. The van der Waals surface area contributed by atoms with Gasteiger partial charge < -0.3 is 10.0 Å². The summed E-state index contributed by atoms with van der Waals surface area (Å²) in [6.07, 6.45) is 4.32. The van der Waals surface area contributed by atoms with Crippen molar-refractivity contribution in [3.05, 3.63) is 0 Å². The second kappa shape index (κ2) is 6.22. The van der Waals surface area contributed by atoms with Gasteiger partial charge in [-0.3, -0.25) is 0 Å². The number of hydrogen-bond donors (Lipinski definition) is 1. The maximum Gasteiger partial charge on any atom is 0.0683 e. The summed E-state index contributed by atoms with van der Waals surface area (Å²) in [5, 5.41) is 17.9. The lowest BCUT2D eigenvalue weighted by molar-refractivity contribution is 0.128. The van der Waals surface area contributed by atoms with Crippen molar-refractivity contribution in [2.75, 3.05) is 26.2 Å². The van der Waals surface area contributed by atoms with Gasteiger partial charge in [0.2, 0.25) is 0 Å². The zero-order valence-corrected chi connectivity index (χ0v) is 10.6. The van der Waals surface area contributed by atoms with Crippen LogP contribution in [0.15, 0.2) is 0 Å². The van der Waals surface area contributed by atoms with Crippen molar-refractivity contribution in [1.29, 1.82) is 5.26 Å². The molecule has 0 atom stereocenters. The highest BCUT2D eigenvalue weighted by Gasteiger charge is 2.20. The van der Waals surface area contributed by atoms with Gasteiger partial charge in [-0.2, -0.15) is 5.26 Å². The van der Waals surface area contributed by atoms with Crippen molar-refractivity contribution in [2.24, 2.45) is 11.3 Å². The standard InChI is InChI=1S/C13H24N2O/c1-13(2,11-14)6-3-7-15-8-4-12(10-16)5-9-15/h12,16H,3-10H2,1-2H3. The van der Waals surface area contributed by atoms with Crippen molar-refractivity contribution in [3.63, 3.8) is 0 Å². The first kappa shape index (κ1) is 13.5. The molecule has 1 heterocycles. The van der Waals surface area contributed by atoms with Gasteiger partial charge in [-0.15, -0.1) is 0 Å². The normalized spacial score (nSPS) is 19.6. The largest absolute Gasteiger partial charge is 0.396 e. The third-order valence-electron chi connectivity index (χ3n) is 3.54. The van der Waals surface area contributed by atoms with E-state index in [9.17, 15) is 0 Å². The number of hydrogen-bond acceptors (Lipinski definition) is 3. The summed E-state index contributed by atoms with van der Waals surface area (Å²) in [5.41, 5.74) is -0.177. The number of nitriles is 1. The maximum absolute atomic E-state index is 9.04. The molecule has 0 aromatic heterocycles. The van der Waals surface area contributed by atoms with Crippen LogP contribution in [0.4, 0.5) is 0 Å². The van der Waals surface area contributed by atoms with E-state index in [1.165, 1.54) is 0 Å². The highest BCUT2D eigenvalue weighted by Crippen LogP contribution is 2.22. The van der Waals surface area contributed by atoms with Crippen molar-refractivity contribution >= 4 is 0 Å². The third-order valence-corrected chi connectivity index (χ3v) is 3.54. The molecule has 0 aliphatic carbocycles. The van der Waals surface area contributed by atoms with E-state index in [0.717, 1.165) is 45.3 Å². The fraction of sp³-hybridized carbons (Fsp3) is 0.923. The van der Waals surface area contributed by atoms with E-state index in [1.807, 2.05) is 13.8 Å². The Labute approximate surface area is 99.1 Å². The van der Waals surface area contributed by atoms with Gasteiger partial charge >= 0.3 is 0 Å². The molecule has 0 aromatic rings. The Kier molecular flexibility index (Phi) is 5.24. The molecule has 0 saturated carbocycles. The first-order valence-electron chi connectivity index (χ1n) is 6.32. The van der Waals surface area contributed by atoms with E-state index < -0.39 is 0 Å². The third kappa shape index (κ3) is 4.51. The van der Waals surface area contributed by atoms with Gasteiger partial charge in [0, 0.05) is 6.61 Å². The Morgan fingerprint density at radius 3 is 2.50 bits per heavy atom. The monoisotopic (exact) mass is 224 g/mol. The van der Waals surface area contributed by atoms with E-state index in [0.29, 0.717) is 12.5 Å². The average Bonchev–Trinajstić information content (AvgIpc) is 2.30. The lowest BCUT2D eigenvalue weighted by atomic mass is 9.89. The molecule has 3 nitrogen and oxygen atoms in total. The van der Waals surface area contributed by atoms with Gasteiger partial charge in [0.25, 0.3) is 0 Å². The highest BCUT2D eigenvalue weighted by molar-refractivity contribution is 4.91. The maximum atomic E-state index is 9.04. The van der Waals surface area contributed by atoms with E-state index in [1.54, 1.807) is 0 Å². The van der Waals surface area contributed by atoms with Crippen LogP contribution in [0.1, 0.15) is 39.5 Å². The number of likely N-dealkylation sites (tertiary alicyclic amines) is 1. The summed E-state index contributed by atoms with van der Waals surface area (Å²) in [7, 11) is 0. The van der Waals surface area contributed by atoms with Crippen molar-refractivity contribution in [3.8, 4) is 6.07 Å². The molecule has 3 heteroatoms.